The van der Waals surface area contributed by atoms with Crippen molar-refractivity contribution >= 4 is 74.3 Å². The molecule has 0 aliphatic carbocycles. The molecular formula is C42H30BN3. The fourth-order valence-corrected chi connectivity index (χ4v) is 7.32. The van der Waals surface area contributed by atoms with E-state index >= 15 is 0 Å². The van der Waals surface area contributed by atoms with Crippen molar-refractivity contribution in [2.45, 2.75) is 0 Å². The van der Waals surface area contributed by atoms with Gasteiger partial charge in [0.05, 0.1) is 5.69 Å². The topological polar surface area (TPSA) is 9.72 Å². The zero-order chi connectivity index (χ0) is 30.5. The molecule has 46 heavy (non-hydrogen) atoms. The molecule has 2 aliphatic rings. The summed E-state index contributed by atoms with van der Waals surface area (Å²) in [5, 5.41) is 0. The molecule has 7 aromatic rings. The summed E-state index contributed by atoms with van der Waals surface area (Å²) in [6.07, 6.45) is 0. The average Bonchev–Trinajstić information content (AvgIpc) is 3.13. The number of benzene rings is 7. The fourth-order valence-electron chi connectivity index (χ4n) is 7.32. The molecule has 2 heterocycles. The van der Waals surface area contributed by atoms with Crippen LogP contribution in [0.4, 0.5) is 51.2 Å². The van der Waals surface area contributed by atoms with Gasteiger partial charge in [-0.2, -0.15) is 0 Å². The highest BCUT2D eigenvalue weighted by Crippen LogP contribution is 2.47. The molecule has 0 N–H and O–H groups in total. The van der Waals surface area contributed by atoms with E-state index in [1.807, 2.05) is 0 Å². The van der Waals surface area contributed by atoms with Crippen LogP contribution in [0.15, 0.2) is 182 Å². The van der Waals surface area contributed by atoms with Crippen LogP contribution in [0.25, 0.3) is 0 Å². The Morgan fingerprint density at radius 2 is 0.717 bits per heavy atom. The summed E-state index contributed by atoms with van der Waals surface area (Å²) < 4.78 is 0. The van der Waals surface area contributed by atoms with E-state index in [0.717, 1.165) is 28.4 Å². The molecule has 7 aromatic carbocycles. The predicted octanol–water partition coefficient (Wildman–Crippen LogP) is 9.24. The van der Waals surface area contributed by atoms with E-state index in [0.29, 0.717) is 0 Å². The molecule has 0 atom stereocenters. The molecule has 3 nitrogen and oxygen atoms in total. The first kappa shape index (κ1) is 26.4. The van der Waals surface area contributed by atoms with Gasteiger partial charge in [-0.25, -0.2) is 0 Å². The Bertz CT molecular complexity index is 2020. The van der Waals surface area contributed by atoms with E-state index in [1.54, 1.807) is 0 Å². The van der Waals surface area contributed by atoms with Crippen LogP contribution < -0.4 is 31.1 Å². The molecule has 2 aliphatic heterocycles. The first-order chi connectivity index (χ1) is 22.9. The maximum absolute atomic E-state index is 2.46. The van der Waals surface area contributed by atoms with Crippen molar-refractivity contribution in [3.63, 3.8) is 0 Å². The van der Waals surface area contributed by atoms with Crippen molar-refractivity contribution in [1.82, 2.24) is 0 Å². The number of para-hydroxylation sites is 6. The molecule has 0 saturated carbocycles. The van der Waals surface area contributed by atoms with Crippen LogP contribution in [0.5, 0.6) is 0 Å². The lowest BCUT2D eigenvalue weighted by Gasteiger charge is -2.45. The first-order valence-electron chi connectivity index (χ1n) is 15.8. The summed E-state index contributed by atoms with van der Waals surface area (Å²) in [4.78, 5) is 7.29. The molecule has 0 unspecified atom stereocenters. The molecule has 0 saturated heterocycles. The highest BCUT2D eigenvalue weighted by Gasteiger charge is 2.43. The zero-order valence-electron chi connectivity index (χ0n) is 25.2. The molecule has 9 rings (SSSR count). The van der Waals surface area contributed by atoms with Gasteiger partial charge in [0.2, 0.25) is 0 Å². The molecule has 216 valence electrons. The van der Waals surface area contributed by atoms with Crippen LogP contribution >= 0.6 is 0 Å². The maximum Gasteiger partial charge on any atom is 0.252 e. The third-order valence-electron chi connectivity index (χ3n) is 9.18. The summed E-state index contributed by atoms with van der Waals surface area (Å²) in [7, 11) is 0. The van der Waals surface area contributed by atoms with Gasteiger partial charge in [0, 0.05) is 45.5 Å². The highest BCUT2D eigenvalue weighted by molar-refractivity contribution is 7.00. The Kier molecular flexibility index (Phi) is 6.24. The van der Waals surface area contributed by atoms with Crippen LogP contribution in [-0.2, 0) is 0 Å². The first-order valence-corrected chi connectivity index (χ1v) is 15.8. The SMILES string of the molecule is c1ccc(N(c2ccccc2)c2cc3c4c(c2)N(c2ccccc2)c2ccccc2B4c2ccccc2N3c2ccccc2)cc1. The standard InChI is InChI=1S/C42H30BN3/c1-5-17-31(18-6-1)44(32-19-7-2-8-20-32)35-29-40-42-41(30-35)46(34-23-11-4-12-24-34)39-28-16-14-26-37(39)43(42)36-25-13-15-27-38(36)45(40)33-21-9-3-10-22-33/h1-30H. The number of nitrogens with zero attached hydrogens (tertiary/aromatic N) is 3. The van der Waals surface area contributed by atoms with Crippen LogP contribution in [0, 0.1) is 0 Å². The van der Waals surface area contributed by atoms with Crippen molar-refractivity contribution < 1.29 is 0 Å². The smallest absolute Gasteiger partial charge is 0.252 e. The summed E-state index contributed by atoms with van der Waals surface area (Å²) in [6.45, 7) is 0.0910. The fraction of sp³-hybridized carbons (Fsp3) is 0. The van der Waals surface area contributed by atoms with Crippen LogP contribution in [0.2, 0.25) is 0 Å². The molecule has 0 radical (unpaired) electrons. The number of hydrogen-bond donors (Lipinski definition) is 0. The Morgan fingerprint density at radius 1 is 0.348 bits per heavy atom. The second-order valence-corrected chi connectivity index (χ2v) is 11.8. The average molecular weight is 588 g/mol. The summed E-state index contributed by atoms with van der Waals surface area (Å²) in [5.41, 5.74) is 14.4. The minimum atomic E-state index is 0.0910. The van der Waals surface area contributed by atoms with Gasteiger partial charge in [-0.15, -0.1) is 0 Å². The molecule has 0 fully saturated rings. The Labute approximate surface area is 270 Å². The number of anilines is 9. The van der Waals surface area contributed by atoms with Crippen molar-refractivity contribution in [1.29, 1.82) is 0 Å². The molecule has 4 heteroatoms. The number of hydrogen-bond acceptors (Lipinski definition) is 3. The van der Waals surface area contributed by atoms with Gasteiger partial charge in [0.1, 0.15) is 0 Å². The minimum Gasteiger partial charge on any atom is -0.311 e. The maximum atomic E-state index is 2.46. The van der Waals surface area contributed by atoms with Crippen LogP contribution in [0.1, 0.15) is 0 Å². The van der Waals surface area contributed by atoms with Crippen molar-refractivity contribution in [2.75, 3.05) is 14.7 Å². The van der Waals surface area contributed by atoms with E-state index in [4.69, 9.17) is 0 Å². The predicted molar refractivity (Wildman–Crippen MR) is 195 cm³/mol. The summed E-state index contributed by atoms with van der Waals surface area (Å²) >= 11 is 0. The Hall–Kier alpha value is -6.00. The van der Waals surface area contributed by atoms with E-state index in [1.165, 1.54) is 39.1 Å². The van der Waals surface area contributed by atoms with E-state index in [-0.39, 0.29) is 6.71 Å². The molecule has 0 amide bonds. The highest BCUT2D eigenvalue weighted by atomic mass is 15.2. The summed E-state index contributed by atoms with van der Waals surface area (Å²) in [6, 6.07) is 65.6. The van der Waals surface area contributed by atoms with Gasteiger partial charge in [-0.05, 0) is 89.2 Å². The second-order valence-electron chi connectivity index (χ2n) is 11.8. The van der Waals surface area contributed by atoms with Gasteiger partial charge in [0.15, 0.2) is 0 Å². The molecule has 0 bridgehead atoms. The molecular weight excluding hydrogens is 557 g/mol. The zero-order valence-corrected chi connectivity index (χ0v) is 25.2. The summed E-state index contributed by atoms with van der Waals surface area (Å²) in [5.74, 6) is 0. The minimum absolute atomic E-state index is 0.0910. The number of rotatable bonds is 5. The van der Waals surface area contributed by atoms with Gasteiger partial charge < -0.3 is 14.7 Å². The molecule has 0 spiro atoms. The van der Waals surface area contributed by atoms with E-state index in [9.17, 15) is 0 Å². The second kappa shape index (κ2) is 10.9. The third-order valence-corrected chi connectivity index (χ3v) is 9.18. The van der Waals surface area contributed by atoms with Crippen LogP contribution in [-0.4, -0.2) is 6.71 Å². The lowest BCUT2D eigenvalue weighted by atomic mass is 9.33. The number of fused-ring (bicyclic) bond motifs is 4. The van der Waals surface area contributed by atoms with Gasteiger partial charge in [-0.1, -0.05) is 109 Å². The van der Waals surface area contributed by atoms with E-state index in [2.05, 4.69) is 197 Å². The quantitative estimate of drug-likeness (QED) is 0.186. The lowest BCUT2D eigenvalue weighted by molar-refractivity contribution is 1.23. The van der Waals surface area contributed by atoms with Gasteiger partial charge >= 0.3 is 0 Å². The molecule has 0 aromatic heterocycles. The van der Waals surface area contributed by atoms with Crippen molar-refractivity contribution in [2.24, 2.45) is 0 Å². The monoisotopic (exact) mass is 587 g/mol. The van der Waals surface area contributed by atoms with E-state index < -0.39 is 0 Å². The van der Waals surface area contributed by atoms with Crippen molar-refractivity contribution in [3.05, 3.63) is 182 Å². The lowest BCUT2D eigenvalue weighted by Crippen LogP contribution is -2.61. The van der Waals surface area contributed by atoms with Crippen molar-refractivity contribution in [3.8, 4) is 0 Å². The van der Waals surface area contributed by atoms with Gasteiger partial charge in [-0.3, -0.25) is 0 Å². The normalized spacial score (nSPS) is 12.7. The van der Waals surface area contributed by atoms with Gasteiger partial charge in [0.25, 0.3) is 6.71 Å². The Morgan fingerprint density at radius 3 is 1.15 bits per heavy atom. The van der Waals surface area contributed by atoms with Crippen LogP contribution in [0.3, 0.4) is 0 Å². The third kappa shape index (κ3) is 4.15. The Balaban J connectivity index is 1.41. The largest absolute Gasteiger partial charge is 0.311 e.